The number of nitrogens with zero attached hydrogens (tertiary/aromatic N) is 3. The number of hydrogen-bond acceptors (Lipinski definition) is 11. The second-order valence-corrected chi connectivity index (χ2v) is 23.0. The third kappa shape index (κ3) is 10.5. The number of methoxy groups -OCH3 is 2. The summed E-state index contributed by atoms with van der Waals surface area (Å²) in [5.74, 6) is 1.37. The molecule has 5 rings (SSSR count). The number of hydrogen-bond donors (Lipinski definition) is 1. The van der Waals surface area contributed by atoms with Gasteiger partial charge >= 0.3 is 5.69 Å². The Morgan fingerprint density at radius 1 is 0.850 bits per heavy atom. The molecular weight excluding hydrogens is 802 g/mol. The molecule has 5 atom stereocenters. The molecule has 0 bridgehead atoms. The summed E-state index contributed by atoms with van der Waals surface area (Å²) in [4.78, 5) is 28.4. The molecule has 0 saturated carbocycles. The largest absolute Gasteiger partial charge is 0.497 e. The van der Waals surface area contributed by atoms with E-state index in [-0.39, 0.29) is 36.8 Å². The highest BCUT2D eigenvalue weighted by atomic mass is 31.2. The van der Waals surface area contributed by atoms with E-state index in [0.717, 1.165) is 16.7 Å². The molecule has 0 aliphatic carbocycles. The van der Waals surface area contributed by atoms with E-state index in [1.54, 1.807) is 14.2 Å². The fraction of sp³-hybridized carbons (Fsp3) is 0.489. The van der Waals surface area contributed by atoms with Crippen LogP contribution in [-0.4, -0.2) is 80.4 Å². The molecule has 2 unspecified atom stereocenters. The van der Waals surface area contributed by atoms with Gasteiger partial charge in [0.15, 0.2) is 14.5 Å². The highest BCUT2D eigenvalue weighted by Gasteiger charge is 2.54. The van der Waals surface area contributed by atoms with Gasteiger partial charge in [0.25, 0.3) is 14.1 Å². The number of aromatic nitrogens is 2. The van der Waals surface area contributed by atoms with Crippen LogP contribution in [0.5, 0.6) is 11.5 Å². The van der Waals surface area contributed by atoms with Crippen molar-refractivity contribution in [2.45, 2.75) is 115 Å². The molecule has 1 N–H and O–H groups in total. The van der Waals surface area contributed by atoms with Crippen LogP contribution in [0.15, 0.2) is 101 Å². The zero-order valence-corrected chi connectivity index (χ0v) is 38.6. The summed E-state index contributed by atoms with van der Waals surface area (Å²) in [6, 6.07) is 29.0. The maximum atomic E-state index is 13.6. The first-order valence-corrected chi connectivity index (χ1v) is 24.4. The van der Waals surface area contributed by atoms with Crippen LogP contribution >= 0.6 is 8.53 Å². The van der Waals surface area contributed by atoms with Crippen LogP contribution in [0.25, 0.3) is 0 Å². The molecule has 13 nitrogen and oxygen atoms in total. The Kier molecular flexibility index (Phi) is 15.7. The first-order chi connectivity index (χ1) is 28.5. The number of nitrogens with one attached hydrogen (secondary N) is 1. The van der Waals surface area contributed by atoms with Crippen LogP contribution in [0.3, 0.4) is 0 Å². The van der Waals surface area contributed by atoms with Crippen LogP contribution in [0, 0.1) is 11.3 Å². The fourth-order valence-corrected chi connectivity index (χ4v) is 10.2. The number of nitriles is 1. The Morgan fingerprint density at radius 2 is 1.40 bits per heavy atom. The summed E-state index contributed by atoms with van der Waals surface area (Å²) in [5.41, 5.74) is 0.119. The summed E-state index contributed by atoms with van der Waals surface area (Å²) in [6.07, 6.45) is -2.01. The van der Waals surface area contributed by atoms with Crippen molar-refractivity contribution in [3.8, 4) is 17.6 Å². The summed E-state index contributed by atoms with van der Waals surface area (Å²) in [6.45, 7) is 19.1. The summed E-state index contributed by atoms with van der Waals surface area (Å²) in [5, 5.41) is 9.26. The smallest absolute Gasteiger partial charge is 0.330 e. The molecule has 15 heteroatoms. The molecule has 0 radical (unpaired) electrons. The second-order valence-electron chi connectivity index (χ2n) is 16.9. The first kappa shape index (κ1) is 46.9. The van der Waals surface area contributed by atoms with Crippen molar-refractivity contribution < 1.29 is 32.4 Å². The highest BCUT2D eigenvalue weighted by Crippen LogP contribution is 2.52. The molecule has 4 aromatic rings. The zero-order valence-electron chi connectivity index (χ0n) is 36.7. The lowest BCUT2D eigenvalue weighted by Gasteiger charge is -2.42. The maximum Gasteiger partial charge on any atom is 0.330 e. The lowest BCUT2D eigenvalue weighted by atomic mass is 9.80. The third-order valence-electron chi connectivity index (χ3n) is 11.2. The van der Waals surface area contributed by atoms with Crippen molar-refractivity contribution in [2.24, 2.45) is 0 Å². The Bertz CT molecular complexity index is 2080. The SMILES string of the molecule is COc1ccc(C(OC[C@H]2O[C@@H]([15n]3ccc(=O)[15nH]c3=O)[C@@H](O[Si](C)(C)C(C)(C)C)C2OP(OCCC#N)N(C(C)C)C(C)C)(c2ccccc2)c2ccc(OC)cc2)cc1. The van der Waals surface area contributed by atoms with Crippen molar-refractivity contribution >= 4 is 16.8 Å². The minimum atomic E-state index is -2.64. The number of aromatic amines is 1. The lowest BCUT2D eigenvalue weighted by molar-refractivity contribution is -0.0943. The second kappa shape index (κ2) is 20.1. The predicted molar refractivity (Wildman–Crippen MR) is 236 cm³/mol. The van der Waals surface area contributed by atoms with Crippen molar-refractivity contribution in [2.75, 3.05) is 27.4 Å². The van der Waals surface area contributed by atoms with E-state index in [2.05, 4.69) is 77.3 Å². The first-order valence-electron chi connectivity index (χ1n) is 20.4. The number of rotatable bonds is 19. The topological polar surface area (TPSA) is 147 Å². The van der Waals surface area contributed by atoms with Gasteiger partial charge in [0, 0.05) is 24.3 Å². The van der Waals surface area contributed by atoms with Gasteiger partial charge in [0.2, 0.25) is 0 Å². The zero-order chi connectivity index (χ0) is 43.8. The fourth-order valence-electron chi connectivity index (χ4n) is 7.14. The van der Waals surface area contributed by atoms with Gasteiger partial charge in [-0.15, -0.1) is 0 Å². The van der Waals surface area contributed by atoms with Crippen LogP contribution in [0.1, 0.15) is 77.8 Å². The molecule has 1 aromatic heterocycles. The van der Waals surface area contributed by atoms with Gasteiger partial charge in [0.1, 0.15) is 35.4 Å². The van der Waals surface area contributed by atoms with Crippen molar-refractivity contribution in [3.63, 3.8) is 0 Å². The van der Waals surface area contributed by atoms with Crippen molar-refractivity contribution in [1.29, 1.82) is 5.26 Å². The standard InChI is InChI=1S/C45H61N4O9PSi/c1-31(2)49(32(3)4)59(55-29-15-27-46)57-40-38(56-42(48-28-26-39(50)47-43(48)51)41(40)58-60(10,11)44(5,6)7)30-54-45(33-16-13-12-14-17-33,34-18-22-36(52-8)23-19-34)35-20-24-37(53-9)25-21-35/h12-14,16-26,28,31-32,38,40-42H,15,29-30H2,1-11H3,(H,47,50,51)/t38-,40?,41+,42-,59?/m1/s1/i47+1,48+1. The average molecular weight is 863 g/mol. The van der Waals surface area contributed by atoms with E-state index in [4.69, 9.17) is 32.4 Å². The third-order valence-corrected chi connectivity index (χ3v) is 17.8. The van der Waals surface area contributed by atoms with E-state index < -0.39 is 58.2 Å². The van der Waals surface area contributed by atoms with Gasteiger partial charge in [-0.2, -0.15) is 5.26 Å². The number of H-pyrrole nitrogens is 1. The van der Waals surface area contributed by atoms with Gasteiger partial charge < -0.3 is 32.4 Å². The van der Waals surface area contributed by atoms with Gasteiger partial charge in [0.05, 0.1) is 39.9 Å². The minimum Gasteiger partial charge on any atom is -0.497 e. The van der Waals surface area contributed by atoms with Crippen LogP contribution < -0.4 is 20.7 Å². The molecule has 0 amide bonds. The van der Waals surface area contributed by atoms with Gasteiger partial charge in [-0.05, 0) is 86.8 Å². The molecule has 1 fully saturated rings. The molecule has 2 heterocycles. The molecule has 60 heavy (non-hydrogen) atoms. The normalized spacial score (nSPS) is 19.1. The van der Waals surface area contributed by atoms with E-state index in [9.17, 15) is 14.9 Å². The van der Waals surface area contributed by atoms with E-state index in [1.807, 2.05) is 78.9 Å². The van der Waals surface area contributed by atoms with Crippen LogP contribution in [0.2, 0.25) is 18.1 Å². The van der Waals surface area contributed by atoms with Gasteiger partial charge in [-0.3, -0.25) is 14.3 Å². The van der Waals surface area contributed by atoms with Crippen molar-refractivity contribution in [1.82, 2.24) is 14.2 Å². The summed E-state index contributed by atoms with van der Waals surface area (Å²) in [7, 11) is -1.20. The average Bonchev–Trinajstić information content (AvgIpc) is 3.53. The van der Waals surface area contributed by atoms with Crippen LogP contribution in [-0.2, 0) is 28.5 Å². The molecule has 3 aromatic carbocycles. The van der Waals surface area contributed by atoms with E-state index >= 15 is 0 Å². The maximum absolute atomic E-state index is 13.6. The Morgan fingerprint density at radius 3 is 1.88 bits per heavy atom. The number of ether oxygens (including phenoxy) is 4. The quantitative estimate of drug-likeness (QED) is 0.0419. The minimum absolute atomic E-state index is 0.00321. The van der Waals surface area contributed by atoms with Gasteiger partial charge in [-0.1, -0.05) is 75.4 Å². The Hall–Kier alpha value is -4.16. The van der Waals surface area contributed by atoms with Gasteiger partial charge in [-0.25, -0.2) is 9.46 Å². The van der Waals surface area contributed by atoms with Crippen molar-refractivity contribution in [3.05, 3.63) is 129 Å². The van der Waals surface area contributed by atoms with E-state index in [1.165, 1.54) is 16.8 Å². The summed E-state index contributed by atoms with van der Waals surface area (Å²) >= 11 is 0. The van der Waals surface area contributed by atoms with Crippen LogP contribution in [0.4, 0.5) is 0 Å². The summed E-state index contributed by atoms with van der Waals surface area (Å²) < 4.78 is 50.0. The monoisotopic (exact) mass is 862 g/mol. The molecule has 1 aliphatic heterocycles. The predicted octanol–water partition coefficient (Wildman–Crippen LogP) is 8.51. The molecule has 0 spiro atoms. The molecule has 1 saturated heterocycles. The Balaban J connectivity index is 1.73. The van der Waals surface area contributed by atoms with E-state index in [0.29, 0.717) is 11.5 Å². The lowest BCUT2D eigenvalue weighted by Crippen LogP contribution is -2.50. The Labute approximate surface area is 356 Å². The molecular formula is C45H61N4O9PSi. The number of benzene rings is 3. The highest BCUT2D eigenvalue weighted by molar-refractivity contribution is 7.44. The molecule has 1 aliphatic rings. The molecule has 324 valence electrons.